The first-order valence-corrected chi connectivity index (χ1v) is 8.03. The third kappa shape index (κ3) is 3.47. The summed E-state index contributed by atoms with van der Waals surface area (Å²) in [6, 6.07) is 7.61. The fourth-order valence-electron chi connectivity index (χ4n) is 3.11. The van der Waals surface area contributed by atoms with Crippen LogP contribution in [0.4, 0.5) is 0 Å². The standard InChI is InChI=1S/C19H22N2O3/c1-23-12-14-3-5-15(6-4-14)19(22)21-8-7-18-16(11-21)9-20-10-17(18)13-24-2/h3-6,9-10H,7-8,11-13H2,1-2H3. The minimum Gasteiger partial charge on any atom is -0.380 e. The smallest absolute Gasteiger partial charge is 0.254 e. The largest absolute Gasteiger partial charge is 0.380 e. The third-order valence-corrected chi connectivity index (χ3v) is 4.33. The zero-order valence-corrected chi connectivity index (χ0v) is 14.1. The van der Waals surface area contributed by atoms with E-state index in [4.69, 9.17) is 9.47 Å². The molecule has 5 nitrogen and oxygen atoms in total. The van der Waals surface area contributed by atoms with E-state index in [0.717, 1.165) is 23.1 Å². The molecule has 0 radical (unpaired) electrons. The van der Waals surface area contributed by atoms with E-state index < -0.39 is 0 Å². The van der Waals surface area contributed by atoms with E-state index >= 15 is 0 Å². The van der Waals surface area contributed by atoms with E-state index in [0.29, 0.717) is 31.9 Å². The summed E-state index contributed by atoms with van der Waals surface area (Å²) in [5.74, 6) is 0.0572. The Morgan fingerprint density at radius 3 is 2.58 bits per heavy atom. The van der Waals surface area contributed by atoms with Crippen molar-refractivity contribution in [2.45, 2.75) is 26.2 Å². The van der Waals surface area contributed by atoms with Crippen molar-refractivity contribution in [2.75, 3.05) is 20.8 Å². The molecule has 0 saturated carbocycles. The number of pyridine rings is 1. The number of ether oxygens (including phenoxy) is 2. The number of amides is 1. The molecule has 1 aliphatic rings. The topological polar surface area (TPSA) is 51.7 Å². The molecule has 3 rings (SSSR count). The highest BCUT2D eigenvalue weighted by Crippen LogP contribution is 2.23. The molecule has 1 aromatic carbocycles. The van der Waals surface area contributed by atoms with Gasteiger partial charge in [-0.25, -0.2) is 0 Å². The summed E-state index contributed by atoms with van der Waals surface area (Å²) >= 11 is 0. The minimum absolute atomic E-state index is 0.0572. The van der Waals surface area contributed by atoms with Crippen LogP contribution in [0.3, 0.4) is 0 Å². The van der Waals surface area contributed by atoms with Gasteiger partial charge in [0.15, 0.2) is 0 Å². The number of hydrogen-bond acceptors (Lipinski definition) is 4. The van der Waals surface area contributed by atoms with Crippen LogP contribution in [0.1, 0.15) is 32.6 Å². The second-order valence-corrected chi connectivity index (χ2v) is 5.98. The van der Waals surface area contributed by atoms with Crippen molar-refractivity contribution in [3.05, 3.63) is 64.5 Å². The van der Waals surface area contributed by atoms with Crippen LogP contribution in [0.2, 0.25) is 0 Å². The Bertz CT molecular complexity index is 713. The second-order valence-electron chi connectivity index (χ2n) is 5.98. The molecule has 0 spiro atoms. The molecule has 0 aliphatic carbocycles. The fraction of sp³-hybridized carbons (Fsp3) is 0.368. The van der Waals surface area contributed by atoms with Crippen LogP contribution < -0.4 is 0 Å². The Hall–Kier alpha value is -2.24. The van der Waals surface area contributed by atoms with Crippen LogP contribution in [-0.2, 0) is 35.7 Å². The lowest BCUT2D eigenvalue weighted by Crippen LogP contribution is -2.36. The molecule has 24 heavy (non-hydrogen) atoms. The molecule has 2 heterocycles. The summed E-state index contributed by atoms with van der Waals surface area (Å²) < 4.78 is 10.3. The Balaban J connectivity index is 1.75. The van der Waals surface area contributed by atoms with Gasteiger partial charge in [-0.15, -0.1) is 0 Å². The van der Waals surface area contributed by atoms with Crippen LogP contribution in [-0.4, -0.2) is 36.6 Å². The number of methoxy groups -OCH3 is 2. The van der Waals surface area contributed by atoms with Gasteiger partial charge in [0, 0.05) is 45.3 Å². The molecule has 0 fully saturated rings. The number of carbonyl (C=O) groups excluding carboxylic acids is 1. The third-order valence-electron chi connectivity index (χ3n) is 4.33. The SMILES string of the molecule is COCc1ccc(C(=O)N2CCc3c(COC)cncc3C2)cc1. The molecule has 126 valence electrons. The van der Waals surface area contributed by atoms with Crippen molar-refractivity contribution in [2.24, 2.45) is 0 Å². The summed E-state index contributed by atoms with van der Waals surface area (Å²) in [5, 5.41) is 0. The quantitative estimate of drug-likeness (QED) is 0.847. The monoisotopic (exact) mass is 326 g/mol. The van der Waals surface area contributed by atoms with Gasteiger partial charge >= 0.3 is 0 Å². The van der Waals surface area contributed by atoms with Crippen LogP contribution in [0, 0.1) is 0 Å². The van der Waals surface area contributed by atoms with Crippen molar-refractivity contribution >= 4 is 5.91 Å². The lowest BCUT2D eigenvalue weighted by Gasteiger charge is -2.30. The number of aromatic nitrogens is 1. The predicted octanol–water partition coefficient (Wildman–Crippen LogP) is 2.57. The zero-order valence-electron chi connectivity index (χ0n) is 14.1. The van der Waals surface area contributed by atoms with Gasteiger partial charge in [-0.05, 0) is 40.8 Å². The molecule has 0 saturated heterocycles. The van der Waals surface area contributed by atoms with Crippen molar-refractivity contribution < 1.29 is 14.3 Å². The summed E-state index contributed by atoms with van der Waals surface area (Å²) in [4.78, 5) is 18.9. The number of rotatable bonds is 5. The first kappa shape index (κ1) is 16.6. The van der Waals surface area contributed by atoms with Gasteiger partial charge in [-0.1, -0.05) is 12.1 Å². The predicted molar refractivity (Wildman–Crippen MR) is 90.5 cm³/mol. The molecule has 0 atom stereocenters. The maximum Gasteiger partial charge on any atom is 0.254 e. The number of hydrogen-bond donors (Lipinski definition) is 0. The molecule has 1 amide bonds. The summed E-state index contributed by atoms with van der Waals surface area (Å²) in [5.41, 5.74) is 5.27. The van der Waals surface area contributed by atoms with Crippen LogP contribution in [0.5, 0.6) is 0 Å². The molecular formula is C19H22N2O3. The van der Waals surface area contributed by atoms with Gasteiger partial charge in [0.25, 0.3) is 5.91 Å². The average molecular weight is 326 g/mol. The van der Waals surface area contributed by atoms with Crippen molar-refractivity contribution in [1.29, 1.82) is 0 Å². The lowest BCUT2D eigenvalue weighted by atomic mass is 9.97. The molecule has 0 unspecified atom stereocenters. The molecule has 1 aromatic heterocycles. The van der Waals surface area contributed by atoms with Gasteiger partial charge in [-0.2, -0.15) is 0 Å². The molecule has 5 heteroatoms. The van der Waals surface area contributed by atoms with E-state index in [1.165, 1.54) is 5.56 Å². The van der Waals surface area contributed by atoms with Gasteiger partial charge in [0.05, 0.1) is 13.2 Å². The van der Waals surface area contributed by atoms with Crippen LogP contribution in [0.15, 0.2) is 36.7 Å². The Kier molecular flexibility index (Phi) is 5.23. The zero-order chi connectivity index (χ0) is 16.9. The van der Waals surface area contributed by atoms with Crippen molar-refractivity contribution in [3.63, 3.8) is 0 Å². The van der Waals surface area contributed by atoms with E-state index in [1.807, 2.05) is 41.6 Å². The van der Waals surface area contributed by atoms with Crippen molar-refractivity contribution in [3.8, 4) is 0 Å². The summed E-state index contributed by atoms with van der Waals surface area (Å²) in [6.45, 7) is 2.43. The van der Waals surface area contributed by atoms with Crippen LogP contribution >= 0.6 is 0 Å². The second kappa shape index (κ2) is 7.55. The molecular weight excluding hydrogens is 304 g/mol. The Labute approximate surface area is 142 Å². The maximum absolute atomic E-state index is 12.7. The van der Waals surface area contributed by atoms with E-state index in [-0.39, 0.29) is 5.91 Å². The normalized spacial score (nSPS) is 13.7. The number of carbonyl (C=O) groups is 1. The minimum atomic E-state index is 0.0572. The molecule has 0 bridgehead atoms. The van der Waals surface area contributed by atoms with Gasteiger partial charge < -0.3 is 14.4 Å². The maximum atomic E-state index is 12.7. The highest BCUT2D eigenvalue weighted by atomic mass is 16.5. The molecule has 1 aliphatic heterocycles. The van der Waals surface area contributed by atoms with E-state index in [1.54, 1.807) is 14.2 Å². The first-order valence-electron chi connectivity index (χ1n) is 8.03. The number of fused-ring (bicyclic) bond motifs is 1. The first-order chi connectivity index (χ1) is 11.7. The number of nitrogens with zero attached hydrogens (tertiary/aromatic N) is 2. The Morgan fingerprint density at radius 1 is 1.12 bits per heavy atom. The summed E-state index contributed by atoms with van der Waals surface area (Å²) in [7, 11) is 3.35. The molecule has 0 N–H and O–H groups in total. The van der Waals surface area contributed by atoms with Gasteiger partial charge in [0.2, 0.25) is 0 Å². The van der Waals surface area contributed by atoms with Crippen molar-refractivity contribution in [1.82, 2.24) is 9.88 Å². The van der Waals surface area contributed by atoms with E-state index in [9.17, 15) is 4.79 Å². The van der Waals surface area contributed by atoms with E-state index in [2.05, 4.69) is 4.98 Å². The van der Waals surface area contributed by atoms with Gasteiger partial charge in [-0.3, -0.25) is 9.78 Å². The lowest BCUT2D eigenvalue weighted by molar-refractivity contribution is 0.0733. The molecule has 2 aromatic rings. The number of benzene rings is 1. The van der Waals surface area contributed by atoms with Crippen LogP contribution in [0.25, 0.3) is 0 Å². The average Bonchev–Trinajstić information content (AvgIpc) is 2.62. The highest BCUT2D eigenvalue weighted by Gasteiger charge is 2.23. The summed E-state index contributed by atoms with van der Waals surface area (Å²) in [6.07, 6.45) is 4.55. The van der Waals surface area contributed by atoms with Gasteiger partial charge in [0.1, 0.15) is 0 Å². The fourth-order valence-corrected chi connectivity index (χ4v) is 3.11. The Morgan fingerprint density at radius 2 is 1.88 bits per heavy atom. The highest BCUT2D eigenvalue weighted by molar-refractivity contribution is 5.94.